The molecule has 0 aromatic carbocycles. The van der Waals surface area contributed by atoms with Gasteiger partial charge in [-0.3, -0.25) is 14.4 Å². The highest BCUT2D eigenvalue weighted by Crippen LogP contribution is 2.63. The average molecular weight is 334 g/mol. The van der Waals surface area contributed by atoms with Gasteiger partial charge in [-0.2, -0.15) is 0 Å². The van der Waals surface area contributed by atoms with E-state index in [-0.39, 0.29) is 35.7 Å². The van der Waals surface area contributed by atoms with Gasteiger partial charge in [0.25, 0.3) is 0 Å². The summed E-state index contributed by atoms with van der Waals surface area (Å²) in [6, 6.07) is 0. The van der Waals surface area contributed by atoms with Crippen molar-refractivity contribution in [2.75, 3.05) is 7.11 Å². The molecule has 0 heterocycles. The van der Waals surface area contributed by atoms with Crippen molar-refractivity contribution in [3.63, 3.8) is 0 Å². The SMILES string of the molecule is COC(=O)[C@]12C(=O)CCC[C@H]1CC(=O)[C@]1(C)[C@@H](CC=O)CCC[C@@H]12. The van der Waals surface area contributed by atoms with E-state index in [1.807, 2.05) is 6.92 Å². The van der Waals surface area contributed by atoms with Gasteiger partial charge >= 0.3 is 5.97 Å². The summed E-state index contributed by atoms with van der Waals surface area (Å²) in [6.07, 6.45) is 5.58. The van der Waals surface area contributed by atoms with Gasteiger partial charge in [-0.25, -0.2) is 0 Å². The molecule has 0 unspecified atom stereocenters. The molecule has 3 saturated carbocycles. The molecule has 0 N–H and O–H groups in total. The van der Waals surface area contributed by atoms with Gasteiger partial charge in [-0.05, 0) is 43.4 Å². The first kappa shape index (κ1) is 17.3. The number of esters is 1. The molecule has 5 nitrogen and oxygen atoms in total. The fraction of sp³-hybridized carbons (Fsp3) is 0.789. The molecule has 0 aromatic heterocycles. The quantitative estimate of drug-likeness (QED) is 0.450. The maximum absolute atomic E-state index is 13.1. The molecule has 0 aromatic rings. The molecule has 3 aliphatic rings. The van der Waals surface area contributed by atoms with Gasteiger partial charge in [0.05, 0.1) is 7.11 Å². The third-order valence-electron chi connectivity index (χ3n) is 7.17. The lowest BCUT2D eigenvalue weighted by Gasteiger charge is -2.59. The Hall–Kier alpha value is -1.52. The Morgan fingerprint density at radius 2 is 1.96 bits per heavy atom. The Kier molecular flexibility index (Phi) is 4.39. The highest BCUT2D eigenvalue weighted by Gasteiger charge is 2.69. The highest BCUT2D eigenvalue weighted by molar-refractivity contribution is 6.07. The maximum atomic E-state index is 13.1. The summed E-state index contributed by atoms with van der Waals surface area (Å²) in [5.74, 6) is -1.06. The third-order valence-corrected chi connectivity index (χ3v) is 7.17. The van der Waals surface area contributed by atoms with Crippen LogP contribution >= 0.6 is 0 Å². The molecule has 5 heteroatoms. The van der Waals surface area contributed by atoms with E-state index in [4.69, 9.17) is 4.74 Å². The largest absolute Gasteiger partial charge is 0.468 e. The van der Waals surface area contributed by atoms with E-state index in [2.05, 4.69) is 0 Å². The molecule has 0 radical (unpaired) electrons. The fourth-order valence-electron chi connectivity index (χ4n) is 6.00. The zero-order valence-electron chi connectivity index (χ0n) is 14.5. The van der Waals surface area contributed by atoms with E-state index in [9.17, 15) is 19.2 Å². The lowest BCUT2D eigenvalue weighted by Crippen LogP contribution is -2.66. The first-order valence-corrected chi connectivity index (χ1v) is 9.02. The minimum absolute atomic E-state index is 0.0546. The molecule has 0 aliphatic heterocycles. The van der Waals surface area contributed by atoms with Crippen LogP contribution in [0.5, 0.6) is 0 Å². The number of fused-ring (bicyclic) bond motifs is 3. The average Bonchev–Trinajstić information content (AvgIpc) is 2.56. The van der Waals surface area contributed by atoms with Gasteiger partial charge < -0.3 is 9.53 Å². The zero-order valence-corrected chi connectivity index (χ0v) is 14.5. The summed E-state index contributed by atoms with van der Waals surface area (Å²) in [6.45, 7) is 1.89. The molecule has 0 spiro atoms. The smallest absolute Gasteiger partial charge is 0.319 e. The van der Waals surface area contributed by atoms with Gasteiger partial charge in [0.1, 0.15) is 17.5 Å². The minimum Gasteiger partial charge on any atom is -0.468 e. The molecular weight excluding hydrogens is 308 g/mol. The molecule has 3 aliphatic carbocycles. The van der Waals surface area contributed by atoms with Crippen LogP contribution in [0, 0.1) is 28.6 Å². The first-order chi connectivity index (χ1) is 11.4. The predicted molar refractivity (Wildman–Crippen MR) is 86.0 cm³/mol. The van der Waals surface area contributed by atoms with Crippen molar-refractivity contribution in [3.05, 3.63) is 0 Å². The number of carbonyl (C=O) groups excluding carboxylic acids is 4. The molecule has 0 bridgehead atoms. The zero-order chi connectivity index (χ0) is 17.5. The molecule has 5 atom stereocenters. The van der Waals surface area contributed by atoms with Crippen molar-refractivity contribution in [1.29, 1.82) is 0 Å². The Balaban J connectivity index is 2.16. The Morgan fingerprint density at radius 3 is 2.62 bits per heavy atom. The van der Waals surface area contributed by atoms with Gasteiger partial charge in [0, 0.05) is 24.7 Å². The second-order valence-corrected chi connectivity index (χ2v) is 7.87. The van der Waals surface area contributed by atoms with Crippen LogP contribution in [0.2, 0.25) is 0 Å². The fourth-order valence-corrected chi connectivity index (χ4v) is 6.00. The van der Waals surface area contributed by atoms with Gasteiger partial charge in [0.15, 0.2) is 5.78 Å². The van der Waals surface area contributed by atoms with Crippen molar-refractivity contribution < 1.29 is 23.9 Å². The Morgan fingerprint density at radius 1 is 1.21 bits per heavy atom. The number of carbonyl (C=O) groups is 4. The van der Waals surface area contributed by atoms with Crippen LogP contribution in [0.4, 0.5) is 0 Å². The van der Waals surface area contributed by atoms with Crippen molar-refractivity contribution >= 4 is 23.8 Å². The molecule has 3 rings (SSSR count). The number of aldehydes is 1. The van der Waals surface area contributed by atoms with E-state index in [1.165, 1.54) is 7.11 Å². The summed E-state index contributed by atoms with van der Waals surface area (Å²) in [5.41, 5.74) is -1.96. The Labute approximate surface area is 142 Å². The number of methoxy groups -OCH3 is 1. The predicted octanol–water partition coefficient (Wildman–Crippen LogP) is 2.50. The van der Waals surface area contributed by atoms with Gasteiger partial charge in [-0.15, -0.1) is 0 Å². The lowest BCUT2D eigenvalue weighted by atomic mass is 9.41. The summed E-state index contributed by atoms with van der Waals surface area (Å²) in [7, 11) is 1.33. The number of hydrogen-bond donors (Lipinski definition) is 0. The highest BCUT2D eigenvalue weighted by atomic mass is 16.5. The number of rotatable bonds is 3. The molecule has 132 valence electrons. The number of ether oxygens (including phenoxy) is 1. The van der Waals surface area contributed by atoms with Crippen molar-refractivity contribution in [2.45, 2.75) is 58.3 Å². The summed E-state index contributed by atoms with van der Waals surface area (Å²) < 4.78 is 5.10. The second kappa shape index (κ2) is 6.08. The molecule has 3 fully saturated rings. The Bertz CT molecular complexity index is 572. The van der Waals surface area contributed by atoms with Crippen molar-refractivity contribution in [2.24, 2.45) is 28.6 Å². The third kappa shape index (κ3) is 2.06. The molecule has 24 heavy (non-hydrogen) atoms. The van der Waals surface area contributed by atoms with Crippen LogP contribution in [0.15, 0.2) is 0 Å². The first-order valence-electron chi connectivity index (χ1n) is 9.02. The number of Topliss-reactive ketones (excluding diaryl/α,β-unsaturated/α-hetero) is 2. The van der Waals surface area contributed by atoms with Crippen LogP contribution in [0.3, 0.4) is 0 Å². The summed E-state index contributed by atoms with van der Waals surface area (Å²) in [4.78, 5) is 50.1. The molecule has 0 amide bonds. The van der Waals surface area contributed by atoms with E-state index < -0.39 is 16.8 Å². The standard InChI is InChI=1S/C19H26O5/c1-18-12(9-10-20)5-3-7-14(18)19(17(23)24-2)13(11-16(18)22)6-4-8-15(19)21/h10,12-14H,3-9,11H2,1-2H3/t12-,13+,14+,18-,19-/m1/s1. The number of ketones is 2. The van der Waals surface area contributed by atoms with Crippen LogP contribution < -0.4 is 0 Å². The van der Waals surface area contributed by atoms with Crippen molar-refractivity contribution in [1.82, 2.24) is 0 Å². The normalized spacial score (nSPS) is 42.0. The van der Waals surface area contributed by atoms with E-state index in [1.54, 1.807) is 0 Å². The monoisotopic (exact) mass is 334 g/mol. The van der Waals surface area contributed by atoms with E-state index >= 15 is 0 Å². The minimum atomic E-state index is -1.18. The maximum Gasteiger partial charge on any atom is 0.319 e. The van der Waals surface area contributed by atoms with Crippen LogP contribution in [-0.4, -0.2) is 30.9 Å². The van der Waals surface area contributed by atoms with E-state index in [0.29, 0.717) is 19.3 Å². The van der Waals surface area contributed by atoms with E-state index in [0.717, 1.165) is 32.0 Å². The topological polar surface area (TPSA) is 77.5 Å². The second-order valence-electron chi connectivity index (χ2n) is 7.87. The van der Waals surface area contributed by atoms with Gasteiger partial charge in [-0.1, -0.05) is 13.3 Å². The summed E-state index contributed by atoms with van der Waals surface area (Å²) in [5, 5.41) is 0. The van der Waals surface area contributed by atoms with Crippen LogP contribution in [-0.2, 0) is 23.9 Å². The lowest BCUT2D eigenvalue weighted by molar-refractivity contribution is -0.191. The van der Waals surface area contributed by atoms with Crippen LogP contribution in [0.25, 0.3) is 0 Å². The molecular formula is C19H26O5. The van der Waals surface area contributed by atoms with Crippen molar-refractivity contribution in [3.8, 4) is 0 Å². The van der Waals surface area contributed by atoms with Crippen LogP contribution in [0.1, 0.15) is 58.3 Å². The molecule has 0 saturated heterocycles. The van der Waals surface area contributed by atoms with Gasteiger partial charge in [0.2, 0.25) is 0 Å². The summed E-state index contributed by atoms with van der Waals surface area (Å²) >= 11 is 0. The number of hydrogen-bond acceptors (Lipinski definition) is 5.